The lowest BCUT2D eigenvalue weighted by atomic mass is 10.0. The standard InChI is InChI=1S/C28H38N4O6.C26H36N4O5/c1-19(33)30-17-21-10-11-26-25(16-21)31-28(35)24(8-4-3-5-9-27(34)32-36)29-12-6-7-20-13-22(18-38-26)15-23(14-20)37-2;1-34-21-13-18-6-5-11-28-22(7-3-2-4-8-25(31)30-33)26(32)29-23-15-19(16-27)9-10-24(23)35-17-20(12-18)14-21/h10-11,13-16,24,29,36H,3-9,12,17-18H2,1-2H3,(H,30,33)(H,31,35)(H,32,34);9-10,12-15,22,28,33H,2-8,11,16-17,27H2,1H3,(H,29,32)(H,30,31). The van der Waals surface area contributed by atoms with Crippen molar-refractivity contribution in [2.24, 2.45) is 5.73 Å². The Morgan fingerprint density at radius 3 is 1.52 bits per heavy atom. The van der Waals surface area contributed by atoms with Crippen molar-refractivity contribution in [1.82, 2.24) is 26.9 Å². The highest BCUT2D eigenvalue weighted by Crippen LogP contribution is 2.31. The molecule has 4 bridgehead atoms. The number of amides is 5. The predicted molar refractivity (Wildman–Crippen MR) is 276 cm³/mol. The van der Waals surface area contributed by atoms with Crippen LogP contribution in [0.2, 0.25) is 0 Å². The van der Waals surface area contributed by atoms with Crippen molar-refractivity contribution in [1.29, 1.82) is 0 Å². The minimum absolute atomic E-state index is 0.130. The number of nitrogens with two attached hydrogens (primary N) is 1. The molecule has 0 aromatic heterocycles. The largest absolute Gasteiger partial charge is 0.497 e. The van der Waals surface area contributed by atoms with E-state index in [0.717, 1.165) is 96.2 Å². The maximum absolute atomic E-state index is 13.4. The van der Waals surface area contributed by atoms with Crippen LogP contribution in [-0.4, -0.2) is 79.3 Å². The molecule has 2 aliphatic heterocycles. The maximum atomic E-state index is 13.4. The first-order valence-electron chi connectivity index (χ1n) is 25.1. The van der Waals surface area contributed by atoms with Crippen LogP contribution in [0.1, 0.15) is 117 Å². The van der Waals surface area contributed by atoms with Crippen molar-refractivity contribution in [2.45, 2.75) is 135 Å². The molecule has 19 heteroatoms. The summed E-state index contributed by atoms with van der Waals surface area (Å²) < 4.78 is 23.2. The molecule has 0 saturated heterocycles. The summed E-state index contributed by atoms with van der Waals surface area (Å²) in [6.07, 6.45) is 9.42. The Balaban J connectivity index is 0.000000272. The first kappa shape index (κ1) is 57.1. The van der Waals surface area contributed by atoms with Crippen molar-refractivity contribution in [3.05, 3.63) is 106 Å². The molecule has 5 amide bonds. The van der Waals surface area contributed by atoms with Crippen molar-refractivity contribution in [3.63, 3.8) is 0 Å². The average Bonchev–Trinajstić information content (AvgIpc) is 3.39. The van der Waals surface area contributed by atoms with Gasteiger partial charge in [0.1, 0.15) is 36.2 Å². The molecule has 2 heterocycles. The molecule has 11 N–H and O–H groups in total. The number of methoxy groups -OCH3 is 2. The summed E-state index contributed by atoms with van der Waals surface area (Å²) in [5.41, 5.74) is 16.2. The normalized spacial score (nSPS) is 16.0. The van der Waals surface area contributed by atoms with E-state index in [9.17, 15) is 24.0 Å². The van der Waals surface area contributed by atoms with Gasteiger partial charge in [0.15, 0.2) is 0 Å². The van der Waals surface area contributed by atoms with Gasteiger partial charge >= 0.3 is 0 Å². The molecule has 4 aromatic carbocycles. The second-order valence-corrected chi connectivity index (χ2v) is 18.2. The topological polar surface area (TPSA) is 273 Å². The zero-order valence-corrected chi connectivity index (χ0v) is 42.4. The van der Waals surface area contributed by atoms with Crippen molar-refractivity contribution in [3.8, 4) is 23.0 Å². The molecular weight excluding hydrogens is 937 g/mol. The van der Waals surface area contributed by atoms with E-state index in [4.69, 9.17) is 35.1 Å². The van der Waals surface area contributed by atoms with E-state index in [1.807, 2.05) is 54.6 Å². The van der Waals surface area contributed by atoms with Gasteiger partial charge in [-0.3, -0.25) is 34.4 Å². The predicted octanol–water partition coefficient (Wildman–Crippen LogP) is 6.24. The highest BCUT2D eigenvalue weighted by atomic mass is 16.5. The van der Waals surface area contributed by atoms with E-state index in [0.29, 0.717) is 87.9 Å². The fraction of sp³-hybridized carbons (Fsp3) is 0.463. The summed E-state index contributed by atoms with van der Waals surface area (Å²) in [6, 6.07) is 22.4. The van der Waals surface area contributed by atoms with Gasteiger partial charge in [0, 0.05) is 32.9 Å². The van der Waals surface area contributed by atoms with Gasteiger partial charge in [-0.2, -0.15) is 0 Å². The maximum Gasteiger partial charge on any atom is 0.243 e. The van der Waals surface area contributed by atoms with Gasteiger partial charge in [-0.1, -0.05) is 49.9 Å². The first-order chi connectivity index (χ1) is 35.4. The van der Waals surface area contributed by atoms with Crippen molar-refractivity contribution >= 4 is 40.9 Å². The molecule has 0 fully saturated rings. The number of hydrogen-bond donors (Lipinski definition) is 10. The Bertz CT molecular complexity index is 2440. The van der Waals surface area contributed by atoms with Gasteiger partial charge in [0.2, 0.25) is 29.5 Å². The molecule has 0 saturated carbocycles. The fourth-order valence-corrected chi connectivity index (χ4v) is 8.50. The number of fused-ring (bicyclic) bond motifs is 6. The number of rotatable bonds is 17. The number of nitrogens with one attached hydrogen (secondary N) is 7. The Kier molecular flexibility index (Phi) is 24.2. The number of aryl methyl sites for hydroxylation is 2. The number of anilines is 2. The first-order valence-corrected chi connectivity index (χ1v) is 25.1. The number of carbonyl (C=O) groups is 5. The minimum Gasteiger partial charge on any atom is -0.497 e. The number of hydroxylamine groups is 2. The van der Waals surface area contributed by atoms with E-state index in [-0.39, 0.29) is 36.6 Å². The molecule has 73 heavy (non-hydrogen) atoms. The monoisotopic (exact) mass is 1010 g/mol. The molecule has 0 aliphatic carbocycles. The van der Waals surface area contributed by atoms with Crippen LogP contribution in [0, 0.1) is 0 Å². The lowest BCUT2D eigenvalue weighted by Crippen LogP contribution is -2.41. The number of benzene rings is 4. The highest BCUT2D eigenvalue weighted by molar-refractivity contribution is 5.97. The molecule has 2 aliphatic rings. The van der Waals surface area contributed by atoms with E-state index in [2.05, 4.69) is 38.7 Å². The molecule has 396 valence electrons. The molecule has 0 radical (unpaired) electrons. The van der Waals surface area contributed by atoms with E-state index < -0.39 is 17.9 Å². The number of unbranched alkanes of at least 4 members (excludes halogenated alkanes) is 4. The lowest BCUT2D eigenvalue weighted by Gasteiger charge is -2.21. The molecule has 2 unspecified atom stereocenters. The summed E-state index contributed by atoms with van der Waals surface area (Å²) in [7, 11) is 3.30. The Hall–Kier alpha value is -6.77. The molecule has 2 atom stereocenters. The van der Waals surface area contributed by atoms with Gasteiger partial charge in [-0.15, -0.1) is 0 Å². The van der Waals surface area contributed by atoms with Gasteiger partial charge < -0.3 is 51.3 Å². The third kappa shape index (κ3) is 20.0. The number of ether oxygens (including phenoxy) is 4. The van der Waals surface area contributed by atoms with Crippen LogP contribution >= 0.6 is 0 Å². The van der Waals surface area contributed by atoms with Crippen LogP contribution in [0.5, 0.6) is 23.0 Å². The molecular formula is C54H74N8O11. The quantitative estimate of drug-likeness (QED) is 0.0319. The van der Waals surface area contributed by atoms with Gasteiger partial charge in [0.25, 0.3) is 0 Å². The summed E-state index contributed by atoms with van der Waals surface area (Å²) in [5, 5.41) is 32.9. The van der Waals surface area contributed by atoms with Crippen molar-refractivity contribution < 1.29 is 53.3 Å². The zero-order valence-electron chi connectivity index (χ0n) is 42.4. The zero-order chi connectivity index (χ0) is 52.4. The second kappa shape index (κ2) is 31.0. The summed E-state index contributed by atoms with van der Waals surface area (Å²) in [6.45, 7) is 4.14. The Morgan fingerprint density at radius 1 is 0.630 bits per heavy atom. The molecule has 4 aromatic rings. The number of carbonyl (C=O) groups excluding carboxylic acids is 5. The second-order valence-electron chi connectivity index (χ2n) is 18.2. The van der Waals surface area contributed by atoms with Gasteiger partial charge in [0.05, 0.1) is 37.7 Å². The SMILES string of the molecule is COc1cc2cc(c1)COc1ccc(CN)cc1NC(=O)C(CCCCCC(=O)NO)NCCC2.COc1cc2cc(c1)COc1ccc(CNC(C)=O)cc1NC(=O)C(CCCCCC(=O)NO)NCCC2. The summed E-state index contributed by atoms with van der Waals surface area (Å²) in [4.78, 5) is 60.5. The third-order valence-electron chi connectivity index (χ3n) is 12.4. The average molecular weight is 1010 g/mol. The lowest BCUT2D eigenvalue weighted by molar-refractivity contribution is -0.130. The van der Waals surface area contributed by atoms with Crippen LogP contribution < -0.4 is 62.2 Å². The Labute approximate surface area is 427 Å². The molecule has 6 rings (SSSR count). The van der Waals surface area contributed by atoms with Crippen LogP contribution in [0.25, 0.3) is 0 Å². The highest BCUT2D eigenvalue weighted by Gasteiger charge is 2.22. The van der Waals surface area contributed by atoms with Gasteiger partial charge in [-0.25, -0.2) is 11.0 Å². The van der Waals surface area contributed by atoms with Crippen LogP contribution in [-0.2, 0) is 63.1 Å². The van der Waals surface area contributed by atoms with E-state index >= 15 is 0 Å². The molecule has 19 nitrogen and oxygen atoms in total. The smallest absolute Gasteiger partial charge is 0.243 e. The minimum atomic E-state index is -0.433. The summed E-state index contributed by atoms with van der Waals surface area (Å²) in [5.74, 6) is 1.42. The fourth-order valence-electron chi connectivity index (χ4n) is 8.50. The Morgan fingerprint density at radius 2 is 1.08 bits per heavy atom. The van der Waals surface area contributed by atoms with Crippen LogP contribution in [0.4, 0.5) is 11.4 Å². The summed E-state index contributed by atoms with van der Waals surface area (Å²) >= 11 is 0. The van der Waals surface area contributed by atoms with Crippen LogP contribution in [0.15, 0.2) is 72.8 Å². The number of hydrogen-bond acceptors (Lipinski definition) is 14. The van der Waals surface area contributed by atoms with Gasteiger partial charge in [-0.05, 0) is 146 Å². The van der Waals surface area contributed by atoms with E-state index in [1.165, 1.54) is 6.92 Å². The molecule has 0 spiro atoms. The van der Waals surface area contributed by atoms with Crippen molar-refractivity contribution in [2.75, 3.05) is 37.9 Å². The van der Waals surface area contributed by atoms with Crippen LogP contribution in [0.3, 0.4) is 0 Å². The van der Waals surface area contributed by atoms with E-state index in [1.54, 1.807) is 31.2 Å². The third-order valence-corrected chi connectivity index (χ3v) is 12.4.